The SMILES string of the molecule is COc1ccccc1-c1ccc(CC(=O)C(=O)OCc2ccccc2)cc1. The molecule has 3 aromatic carbocycles. The molecule has 136 valence electrons. The van der Waals surface area contributed by atoms with Crippen LogP contribution in [0.15, 0.2) is 78.9 Å². The summed E-state index contributed by atoms with van der Waals surface area (Å²) in [7, 11) is 1.63. The lowest BCUT2D eigenvalue weighted by atomic mass is 10.0. The lowest BCUT2D eigenvalue weighted by Crippen LogP contribution is -2.19. The van der Waals surface area contributed by atoms with Gasteiger partial charge < -0.3 is 9.47 Å². The first kappa shape index (κ1) is 18.4. The Hall–Kier alpha value is -3.40. The number of hydrogen-bond donors (Lipinski definition) is 0. The zero-order chi connectivity index (χ0) is 19.1. The molecule has 0 saturated carbocycles. The molecule has 0 aromatic heterocycles. The first-order valence-electron chi connectivity index (χ1n) is 8.63. The van der Waals surface area contributed by atoms with Crippen molar-refractivity contribution in [1.82, 2.24) is 0 Å². The summed E-state index contributed by atoms with van der Waals surface area (Å²) in [5.41, 5.74) is 3.56. The van der Waals surface area contributed by atoms with Crippen LogP contribution in [0.3, 0.4) is 0 Å². The van der Waals surface area contributed by atoms with Crippen molar-refractivity contribution in [1.29, 1.82) is 0 Å². The van der Waals surface area contributed by atoms with E-state index in [1.54, 1.807) is 7.11 Å². The summed E-state index contributed by atoms with van der Waals surface area (Å²) < 4.78 is 10.5. The fourth-order valence-corrected chi connectivity index (χ4v) is 2.75. The summed E-state index contributed by atoms with van der Waals surface area (Å²) in [6.07, 6.45) is 0.0137. The van der Waals surface area contributed by atoms with Crippen molar-refractivity contribution in [2.24, 2.45) is 0 Å². The monoisotopic (exact) mass is 360 g/mol. The Morgan fingerprint density at radius 3 is 2.15 bits per heavy atom. The van der Waals surface area contributed by atoms with E-state index in [9.17, 15) is 9.59 Å². The molecule has 4 heteroatoms. The van der Waals surface area contributed by atoms with Crippen LogP contribution >= 0.6 is 0 Å². The minimum absolute atomic E-state index is 0.0137. The number of hydrogen-bond acceptors (Lipinski definition) is 4. The fraction of sp³-hybridized carbons (Fsp3) is 0.130. The van der Waals surface area contributed by atoms with Crippen molar-refractivity contribution < 1.29 is 19.1 Å². The Kier molecular flexibility index (Phi) is 6.00. The van der Waals surface area contributed by atoms with E-state index in [1.165, 1.54) is 0 Å². The second-order valence-electron chi connectivity index (χ2n) is 6.06. The highest BCUT2D eigenvalue weighted by Gasteiger charge is 2.16. The summed E-state index contributed by atoms with van der Waals surface area (Å²) in [5.74, 6) is -0.588. The van der Waals surface area contributed by atoms with Crippen molar-refractivity contribution in [2.75, 3.05) is 7.11 Å². The molecule has 0 radical (unpaired) electrons. The second kappa shape index (κ2) is 8.81. The standard InChI is InChI=1S/C23H20O4/c1-26-22-10-6-5-9-20(22)19-13-11-17(12-14-19)15-21(24)23(25)27-16-18-7-3-2-4-8-18/h2-14H,15-16H2,1H3. The fourth-order valence-electron chi connectivity index (χ4n) is 2.75. The van der Waals surface area contributed by atoms with Crippen LogP contribution < -0.4 is 4.74 Å². The molecule has 0 atom stereocenters. The number of rotatable bonds is 7. The normalized spacial score (nSPS) is 10.3. The van der Waals surface area contributed by atoms with Crippen LogP contribution in [0, 0.1) is 0 Å². The van der Waals surface area contributed by atoms with Gasteiger partial charge in [-0.1, -0.05) is 72.8 Å². The minimum Gasteiger partial charge on any atom is -0.496 e. The molecule has 0 aliphatic rings. The predicted molar refractivity (Wildman–Crippen MR) is 103 cm³/mol. The molecule has 0 N–H and O–H groups in total. The quantitative estimate of drug-likeness (QED) is 0.468. The van der Waals surface area contributed by atoms with Crippen LogP contribution in [0.5, 0.6) is 5.75 Å². The van der Waals surface area contributed by atoms with Gasteiger partial charge in [0.2, 0.25) is 5.78 Å². The number of para-hydroxylation sites is 1. The maximum atomic E-state index is 12.1. The van der Waals surface area contributed by atoms with E-state index in [2.05, 4.69) is 0 Å². The molecular weight excluding hydrogens is 340 g/mol. The maximum Gasteiger partial charge on any atom is 0.375 e. The molecule has 4 nitrogen and oxygen atoms in total. The molecule has 0 amide bonds. The molecule has 0 bridgehead atoms. The van der Waals surface area contributed by atoms with Crippen LogP contribution in [0.2, 0.25) is 0 Å². The zero-order valence-electron chi connectivity index (χ0n) is 15.1. The average molecular weight is 360 g/mol. The highest BCUT2D eigenvalue weighted by atomic mass is 16.5. The Morgan fingerprint density at radius 2 is 1.44 bits per heavy atom. The summed E-state index contributed by atoms with van der Waals surface area (Å²) in [5, 5.41) is 0. The van der Waals surface area contributed by atoms with Gasteiger partial charge in [-0.25, -0.2) is 4.79 Å². The molecule has 0 heterocycles. The number of esters is 1. The van der Waals surface area contributed by atoms with E-state index >= 15 is 0 Å². The van der Waals surface area contributed by atoms with Gasteiger partial charge in [0.15, 0.2) is 0 Å². The molecule has 0 aliphatic carbocycles. The molecule has 0 unspecified atom stereocenters. The van der Waals surface area contributed by atoms with Gasteiger partial charge in [0, 0.05) is 12.0 Å². The van der Waals surface area contributed by atoms with Crippen molar-refractivity contribution in [2.45, 2.75) is 13.0 Å². The number of ketones is 1. The number of methoxy groups -OCH3 is 1. The summed E-state index contributed by atoms with van der Waals surface area (Å²) >= 11 is 0. The Morgan fingerprint density at radius 1 is 0.778 bits per heavy atom. The smallest absolute Gasteiger partial charge is 0.375 e. The third-order valence-corrected chi connectivity index (χ3v) is 4.18. The van der Waals surface area contributed by atoms with E-state index < -0.39 is 11.8 Å². The lowest BCUT2D eigenvalue weighted by Gasteiger charge is -2.09. The van der Waals surface area contributed by atoms with Crippen molar-refractivity contribution in [3.63, 3.8) is 0 Å². The van der Waals surface area contributed by atoms with Gasteiger partial charge in [-0.3, -0.25) is 4.79 Å². The first-order chi connectivity index (χ1) is 13.2. The lowest BCUT2D eigenvalue weighted by molar-refractivity contribution is -0.154. The molecule has 0 aliphatic heterocycles. The minimum atomic E-state index is -0.812. The van der Waals surface area contributed by atoms with Crippen molar-refractivity contribution in [3.05, 3.63) is 90.0 Å². The predicted octanol–water partition coefficient (Wildman–Crippen LogP) is 4.22. The number of carbonyl (C=O) groups excluding carboxylic acids is 2. The molecular formula is C23H20O4. The van der Waals surface area contributed by atoms with E-state index in [1.807, 2.05) is 78.9 Å². The molecule has 0 saturated heterocycles. The van der Waals surface area contributed by atoms with Gasteiger partial charge in [-0.2, -0.15) is 0 Å². The number of ether oxygens (including phenoxy) is 2. The summed E-state index contributed by atoms with van der Waals surface area (Å²) in [4.78, 5) is 24.0. The first-order valence-corrected chi connectivity index (χ1v) is 8.63. The highest BCUT2D eigenvalue weighted by Crippen LogP contribution is 2.29. The van der Waals surface area contributed by atoms with Gasteiger partial charge in [-0.05, 0) is 22.8 Å². The van der Waals surface area contributed by atoms with Crippen molar-refractivity contribution >= 4 is 11.8 Å². The summed E-state index contributed by atoms with van der Waals surface area (Å²) in [6, 6.07) is 24.5. The third kappa shape index (κ3) is 4.82. The van der Waals surface area contributed by atoms with Gasteiger partial charge in [-0.15, -0.1) is 0 Å². The van der Waals surface area contributed by atoms with Gasteiger partial charge >= 0.3 is 5.97 Å². The van der Waals surface area contributed by atoms with E-state index in [-0.39, 0.29) is 13.0 Å². The van der Waals surface area contributed by atoms with E-state index in [4.69, 9.17) is 9.47 Å². The van der Waals surface area contributed by atoms with Crippen LogP contribution in [-0.2, 0) is 27.4 Å². The number of carbonyl (C=O) groups is 2. The van der Waals surface area contributed by atoms with E-state index in [0.717, 1.165) is 28.0 Å². The number of benzene rings is 3. The molecule has 3 aromatic rings. The third-order valence-electron chi connectivity index (χ3n) is 4.18. The maximum absolute atomic E-state index is 12.1. The topological polar surface area (TPSA) is 52.6 Å². The Balaban J connectivity index is 1.60. The van der Waals surface area contributed by atoms with Gasteiger partial charge in [0.05, 0.1) is 7.11 Å². The van der Waals surface area contributed by atoms with Crippen molar-refractivity contribution in [3.8, 4) is 16.9 Å². The molecule has 27 heavy (non-hydrogen) atoms. The van der Waals surface area contributed by atoms with Crippen LogP contribution in [0.25, 0.3) is 11.1 Å². The average Bonchev–Trinajstić information content (AvgIpc) is 2.73. The largest absolute Gasteiger partial charge is 0.496 e. The molecule has 3 rings (SSSR count). The molecule has 0 fully saturated rings. The zero-order valence-corrected chi connectivity index (χ0v) is 15.1. The van der Waals surface area contributed by atoms with Gasteiger partial charge in [0.1, 0.15) is 12.4 Å². The summed E-state index contributed by atoms with van der Waals surface area (Å²) in [6.45, 7) is 0.0954. The number of Topliss-reactive ketones (excluding diaryl/α,β-unsaturated/α-hetero) is 1. The van der Waals surface area contributed by atoms with E-state index in [0.29, 0.717) is 0 Å². The Bertz CT molecular complexity index is 915. The van der Waals surface area contributed by atoms with Crippen LogP contribution in [0.1, 0.15) is 11.1 Å². The van der Waals surface area contributed by atoms with Crippen LogP contribution in [0.4, 0.5) is 0 Å². The highest BCUT2D eigenvalue weighted by molar-refractivity contribution is 6.34. The molecule has 0 spiro atoms. The Labute approximate surface area is 158 Å². The van der Waals surface area contributed by atoms with Crippen LogP contribution in [-0.4, -0.2) is 18.9 Å². The van der Waals surface area contributed by atoms with Gasteiger partial charge in [0.25, 0.3) is 0 Å². The second-order valence-corrected chi connectivity index (χ2v) is 6.06.